The van der Waals surface area contributed by atoms with Gasteiger partial charge in [-0.3, -0.25) is 4.90 Å². The Kier molecular flexibility index (Phi) is 4.82. The zero-order valence-corrected chi connectivity index (χ0v) is 16.9. The molecule has 1 fully saturated rings. The minimum Gasteiger partial charge on any atom is -0.367 e. The van der Waals surface area contributed by atoms with Gasteiger partial charge in [0.1, 0.15) is 4.32 Å². The second kappa shape index (κ2) is 6.93. The van der Waals surface area contributed by atoms with Crippen molar-refractivity contribution in [2.45, 2.75) is 51.1 Å². The first-order valence-electron chi connectivity index (χ1n) is 9.31. The Balaban J connectivity index is 1.74. The summed E-state index contributed by atoms with van der Waals surface area (Å²) >= 11 is 7.09. The fraction of sp³-hybridized carbons (Fsp3) is 0.550. The van der Waals surface area contributed by atoms with Crippen LogP contribution in [0.3, 0.4) is 0 Å². The van der Waals surface area contributed by atoms with Gasteiger partial charge in [-0.2, -0.15) is 0 Å². The van der Waals surface area contributed by atoms with Crippen LogP contribution in [-0.2, 0) is 6.42 Å². The molecule has 1 unspecified atom stereocenters. The highest BCUT2D eigenvalue weighted by Gasteiger charge is 2.41. The monoisotopic (exact) mass is 373 g/mol. The summed E-state index contributed by atoms with van der Waals surface area (Å²) in [5.41, 5.74) is 5.73. The van der Waals surface area contributed by atoms with E-state index in [1.165, 1.54) is 48.0 Å². The van der Waals surface area contributed by atoms with Crippen molar-refractivity contribution in [2.75, 3.05) is 19.3 Å². The molecule has 3 nitrogen and oxygen atoms in total. The van der Waals surface area contributed by atoms with Gasteiger partial charge < -0.3 is 10.3 Å². The van der Waals surface area contributed by atoms with E-state index in [0.29, 0.717) is 18.0 Å². The first kappa shape index (κ1) is 17.4. The predicted molar refractivity (Wildman–Crippen MR) is 113 cm³/mol. The lowest BCUT2D eigenvalue weighted by Crippen LogP contribution is -2.56. The molecule has 0 spiro atoms. The predicted octanol–water partition coefficient (Wildman–Crippen LogP) is 4.21. The van der Waals surface area contributed by atoms with Crippen molar-refractivity contribution in [1.82, 2.24) is 15.2 Å². The summed E-state index contributed by atoms with van der Waals surface area (Å²) < 4.78 is 0.923. The highest BCUT2D eigenvalue weighted by molar-refractivity contribution is 8.22. The van der Waals surface area contributed by atoms with Crippen LogP contribution in [0, 0.1) is 6.92 Å². The van der Waals surface area contributed by atoms with Crippen molar-refractivity contribution in [3.05, 3.63) is 35.0 Å². The Morgan fingerprint density at radius 3 is 3.04 bits per heavy atom. The smallest absolute Gasteiger partial charge is 0.133 e. The van der Waals surface area contributed by atoms with Gasteiger partial charge in [-0.15, -0.1) is 11.8 Å². The summed E-state index contributed by atoms with van der Waals surface area (Å²) in [6.45, 7) is 6.79. The van der Waals surface area contributed by atoms with Crippen LogP contribution in [0.5, 0.6) is 0 Å². The van der Waals surface area contributed by atoms with Gasteiger partial charge in [0.05, 0.1) is 0 Å². The minimum atomic E-state index is 0.449. The van der Waals surface area contributed by atoms with E-state index in [0.717, 1.165) is 10.9 Å². The molecule has 2 aliphatic rings. The molecule has 4 rings (SSSR count). The van der Waals surface area contributed by atoms with Gasteiger partial charge in [-0.05, 0) is 56.2 Å². The minimum absolute atomic E-state index is 0.449. The zero-order valence-electron chi connectivity index (χ0n) is 15.3. The van der Waals surface area contributed by atoms with E-state index in [2.05, 4.69) is 53.5 Å². The van der Waals surface area contributed by atoms with Gasteiger partial charge in [-0.1, -0.05) is 31.3 Å². The van der Waals surface area contributed by atoms with Gasteiger partial charge in [0.15, 0.2) is 0 Å². The summed E-state index contributed by atoms with van der Waals surface area (Å²) in [6.07, 6.45) is 5.61. The molecule has 1 aliphatic heterocycles. The second-order valence-electron chi connectivity index (χ2n) is 7.44. The van der Waals surface area contributed by atoms with E-state index >= 15 is 0 Å². The van der Waals surface area contributed by atoms with Gasteiger partial charge in [0, 0.05) is 41.1 Å². The van der Waals surface area contributed by atoms with Crippen LogP contribution in [0.15, 0.2) is 18.2 Å². The number of aromatic amines is 1. The van der Waals surface area contributed by atoms with Crippen LogP contribution in [0.2, 0.25) is 0 Å². The lowest BCUT2D eigenvalue weighted by atomic mass is 9.73. The number of thiocarbonyl (C=S) groups is 1. The van der Waals surface area contributed by atoms with Crippen LogP contribution >= 0.6 is 24.0 Å². The van der Waals surface area contributed by atoms with Crippen LogP contribution in [0.4, 0.5) is 0 Å². The molecule has 25 heavy (non-hydrogen) atoms. The number of hydrogen-bond acceptors (Lipinski definition) is 3. The van der Waals surface area contributed by atoms with E-state index < -0.39 is 0 Å². The lowest BCUT2D eigenvalue weighted by molar-refractivity contribution is 0.105. The number of fused-ring (bicyclic) bond motifs is 2. The molecule has 2 aromatic rings. The molecular formula is C20H27N3S2. The number of H-pyrrole nitrogens is 1. The molecule has 0 amide bonds. The zero-order chi connectivity index (χ0) is 17.6. The largest absolute Gasteiger partial charge is 0.367 e. The van der Waals surface area contributed by atoms with Crippen LogP contribution in [-0.4, -0.2) is 45.6 Å². The van der Waals surface area contributed by atoms with Crippen molar-refractivity contribution in [3.63, 3.8) is 0 Å². The topological polar surface area (TPSA) is 31.1 Å². The summed E-state index contributed by atoms with van der Waals surface area (Å²) in [7, 11) is 0. The molecule has 1 saturated heterocycles. The standard InChI is InChI=1S/C20H27N3S2/c1-4-8-23-11-13(22-20(24)25-3)9-16-14-6-5-7-17-19(14)15(10-18(16)23)12(2)21-17/h5-7,13,16,18,21H,4,8-11H2,1-3H3,(H,22,24)/t13-,16?,18+/m0/s1. The van der Waals surface area contributed by atoms with Gasteiger partial charge in [0.25, 0.3) is 0 Å². The molecule has 0 bridgehead atoms. The Hall–Kier alpha value is -1.04. The molecule has 1 aliphatic carbocycles. The van der Waals surface area contributed by atoms with Gasteiger partial charge >= 0.3 is 0 Å². The van der Waals surface area contributed by atoms with E-state index in [4.69, 9.17) is 12.2 Å². The quantitative estimate of drug-likeness (QED) is 0.789. The van der Waals surface area contributed by atoms with E-state index in [1.54, 1.807) is 17.3 Å². The molecule has 1 aromatic carbocycles. The van der Waals surface area contributed by atoms with Gasteiger partial charge in [0.2, 0.25) is 0 Å². The van der Waals surface area contributed by atoms with Crippen LogP contribution in [0.1, 0.15) is 42.5 Å². The normalized spacial score (nSPS) is 25.8. The summed E-state index contributed by atoms with van der Waals surface area (Å²) in [4.78, 5) is 6.32. The highest BCUT2D eigenvalue weighted by atomic mass is 32.2. The number of nitrogens with zero attached hydrogens (tertiary/aromatic N) is 1. The highest BCUT2D eigenvalue weighted by Crippen LogP contribution is 2.44. The maximum atomic E-state index is 5.44. The van der Waals surface area contributed by atoms with Crippen molar-refractivity contribution >= 4 is 39.2 Å². The van der Waals surface area contributed by atoms with Crippen molar-refractivity contribution in [3.8, 4) is 0 Å². The molecule has 134 valence electrons. The first-order valence-corrected chi connectivity index (χ1v) is 10.9. The number of hydrogen-bond donors (Lipinski definition) is 2. The first-order chi connectivity index (χ1) is 12.1. The van der Waals surface area contributed by atoms with E-state index in [9.17, 15) is 0 Å². The molecule has 5 heteroatoms. The van der Waals surface area contributed by atoms with Crippen molar-refractivity contribution in [2.24, 2.45) is 0 Å². The molecule has 2 heterocycles. The van der Waals surface area contributed by atoms with Crippen LogP contribution in [0.25, 0.3) is 10.9 Å². The summed E-state index contributed by atoms with van der Waals surface area (Å²) in [5.74, 6) is 0.592. The maximum Gasteiger partial charge on any atom is 0.133 e. The van der Waals surface area contributed by atoms with E-state index in [1.807, 2.05) is 0 Å². The van der Waals surface area contributed by atoms with Gasteiger partial charge in [-0.25, -0.2) is 0 Å². The fourth-order valence-electron chi connectivity index (χ4n) is 4.94. The third-order valence-electron chi connectivity index (χ3n) is 5.93. The lowest BCUT2D eigenvalue weighted by Gasteiger charge is -2.47. The maximum absolute atomic E-state index is 5.44. The number of thioether (sulfide) groups is 1. The average molecular weight is 374 g/mol. The Bertz CT molecular complexity index is 798. The number of benzene rings is 1. The van der Waals surface area contributed by atoms with Crippen molar-refractivity contribution < 1.29 is 0 Å². The SMILES string of the molecule is CCCN1C[C@@H](NC(=S)SC)CC2c3cccc4[nH]c(C)c(c34)C[C@H]21. The molecule has 1 aromatic heterocycles. The number of aryl methyl sites for hydroxylation is 1. The Morgan fingerprint density at radius 1 is 1.44 bits per heavy atom. The molecule has 0 radical (unpaired) electrons. The molecule has 0 saturated carbocycles. The molecular weight excluding hydrogens is 346 g/mol. The number of aromatic nitrogens is 1. The third-order valence-corrected chi connectivity index (χ3v) is 7.04. The fourth-order valence-corrected chi connectivity index (χ4v) is 5.39. The number of piperidine rings is 1. The Labute approximate surface area is 159 Å². The summed E-state index contributed by atoms with van der Waals surface area (Å²) in [6, 6.07) is 7.86. The Morgan fingerprint density at radius 2 is 2.28 bits per heavy atom. The number of rotatable bonds is 3. The molecule has 2 N–H and O–H groups in total. The number of likely N-dealkylation sites (tertiary alicyclic amines) is 1. The third kappa shape index (κ3) is 3.00. The second-order valence-corrected chi connectivity index (χ2v) is 8.92. The van der Waals surface area contributed by atoms with Crippen LogP contribution < -0.4 is 5.32 Å². The van der Waals surface area contributed by atoms with E-state index in [-0.39, 0.29) is 0 Å². The summed E-state index contributed by atoms with van der Waals surface area (Å²) in [5, 5.41) is 5.09. The number of nitrogens with one attached hydrogen (secondary N) is 2. The molecule has 3 atom stereocenters. The average Bonchev–Trinajstić information content (AvgIpc) is 2.93. The van der Waals surface area contributed by atoms with Crippen molar-refractivity contribution in [1.29, 1.82) is 0 Å².